The molecule has 0 aliphatic carbocycles. The highest BCUT2D eigenvalue weighted by Gasteiger charge is 2.27. The van der Waals surface area contributed by atoms with E-state index >= 15 is 4.39 Å². The van der Waals surface area contributed by atoms with Crippen LogP contribution in [0.15, 0.2) is 59.7 Å². The van der Waals surface area contributed by atoms with Crippen molar-refractivity contribution >= 4 is 11.5 Å². The summed E-state index contributed by atoms with van der Waals surface area (Å²) in [5.41, 5.74) is 6.04. The van der Waals surface area contributed by atoms with Crippen LogP contribution in [0.5, 0.6) is 11.5 Å². The number of ether oxygens (including phenoxy) is 2. The molecule has 0 saturated heterocycles. The van der Waals surface area contributed by atoms with Crippen molar-refractivity contribution in [1.29, 1.82) is 5.41 Å². The third kappa shape index (κ3) is 5.73. The first-order valence-electron chi connectivity index (χ1n) is 11.2. The maximum Gasteiger partial charge on any atom is 0.350 e. The summed E-state index contributed by atoms with van der Waals surface area (Å²) < 4.78 is 27.6. The van der Waals surface area contributed by atoms with Crippen LogP contribution in [0.3, 0.4) is 0 Å². The Morgan fingerprint density at radius 1 is 1.27 bits per heavy atom. The zero-order chi connectivity index (χ0) is 26.4. The zero-order valence-corrected chi connectivity index (χ0v) is 19.8. The van der Waals surface area contributed by atoms with Crippen LogP contribution in [0.25, 0.3) is 5.95 Å². The number of benzene rings is 2. The van der Waals surface area contributed by atoms with Gasteiger partial charge in [-0.1, -0.05) is 0 Å². The lowest BCUT2D eigenvalue weighted by Gasteiger charge is -2.21. The highest BCUT2D eigenvalue weighted by atomic mass is 19.1. The normalized spacial score (nSPS) is 11.6. The van der Waals surface area contributed by atoms with Crippen LogP contribution in [0.4, 0.5) is 10.1 Å². The Bertz CT molecular complexity index is 1420. The number of hydrogen-bond acceptors (Lipinski definition) is 9. The highest BCUT2D eigenvalue weighted by molar-refractivity contribution is 5.95. The molecule has 4 rings (SSSR count). The number of amidine groups is 1. The zero-order valence-electron chi connectivity index (χ0n) is 19.8. The Morgan fingerprint density at radius 3 is 2.65 bits per heavy atom. The van der Waals surface area contributed by atoms with E-state index in [-0.39, 0.29) is 42.1 Å². The SMILES string of the molecule is COc1cc(OCCCO)c(F)c(C(Nc2ccc(C(=N)N)cc2)c2nn(-c3ncccn3)c(=O)[nH]2)c1. The average molecular weight is 509 g/mol. The van der Waals surface area contributed by atoms with Crippen molar-refractivity contribution in [2.45, 2.75) is 12.5 Å². The fourth-order valence-corrected chi connectivity index (χ4v) is 3.49. The second kappa shape index (κ2) is 11.3. The molecule has 0 aliphatic rings. The Hall–Kier alpha value is -4.78. The van der Waals surface area contributed by atoms with Gasteiger partial charge in [0.2, 0.25) is 0 Å². The van der Waals surface area contributed by atoms with Crippen molar-refractivity contribution in [3.05, 3.63) is 88.1 Å². The first-order valence-corrected chi connectivity index (χ1v) is 11.2. The quantitative estimate of drug-likeness (QED) is 0.115. The van der Waals surface area contributed by atoms with E-state index in [0.29, 0.717) is 23.4 Å². The van der Waals surface area contributed by atoms with Gasteiger partial charge in [-0.15, -0.1) is 9.78 Å². The molecule has 12 nitrogen and oxygen atoms in total. The number of methoxy groups -OCH3 is 1. The summed E-state index contributed by atoms with van der Waals surface area (Å²) in [5, 5.41) is 24.1. The van der Waals surface area contributed by atoms with Gasteiger partial charge in [0.1, 0.15) is 17.6 Å². The Balaban J connectivity index is 1.82. The summed E-state index contributed by atoms with van der Waals surface area (Å²) in [6.07, 6.45) is 3.24. The molecule has 1 unspecified atom stereocenters. The number of hydrogen-bond donors (Lipinski definition) is 5. The van der Waals surface area contributed by atoms with Crippen LogP contribution in [0.2, 0.25) is 0 Å². The summed E-state index contributed by atoms with van der Waals surface area (Å²) in [4.78, 5) is 23.5. The topological polar surface area (TPSA) is 177 Å². The third-order valence-corrected chi connectivity index (χ3v) is 5.30. The number of nitrogens with one attached hydrogen (secondary N) is 3. The Kier molecular flexibility index (Phi) is 7.74. The number of nitrogens with two attached hydrogens (primary N) is 1. The second-order valence-corrected chi connectivity index (χ2v) is 7.80. The van der Waals surface area contributed by atoms with Crippen molar-refractivity contribution < 1.29 is 19.0 Å². The standard InChI is InChI=1S/C24H25FN8O4/c1-36-16-12-17(19(25)18(13-16)37-11-3-10-34)20(30-15-6-4-14(5-7-15)21(26)27)22-31-24(35)33(32-22)23-28-8-2-9-29-23/h2,4-9,12-13,20,30,34H,3,10-11H2,1H3,(H3,26,27)(H,31,32,35). The van der Waals surface area contributed by atoms with Gasteiger partial charge in [-0.2, -0.15) is 0 Å². The number of aliphatic hydroxyl groups is 1. The van der Waals surface area contributed by atoms with Crippen LogP contribution < -0.4 is 26.2 Å². The van der Waals surface area contributed by atoms with Gasteiger partial charge in [-0.25, -0.2) is 19.2 Å². The van der Waals surface area contributed by atoms with Crippen molar-refractivity contribution in [3.63, 3.8) is 0 Å². The lowest BCUT2D eigenvalue weighted by atomic mass is 10.0. The minimum absolute atomic E-state index is 0.0405. The molecular formula is C24H25FN8O4. The molecule has 2 aromatic carbocycles. The van der Waals surface area contributed by atoms with Crippen LogP contribution in [0, 0.1) is 11.2 Å². The largest absolute Gasteiger partial charge is 0.497 e. The summed E-state index contributed by atoms with van der Waals surface area (Å²) in [7, 11) is 1.43. The number of H-pyrrole nitrogens is 1. The summed E-state index contributed by atoms with van der Waals surface area (Å²) in [6.45, 7) is -0.0272. The first kappa shape index (κ1) is 25.3. The molecule has 37 heavy (non-hydrogen) atoms. The van der Waals surface area contributed by atoms with Crippen molar-refractivity contribution in [2.75, 3.05) is 25.6 Å². The molecule has 13 heteroatoms. The molecule has 2 aromatic heterocycles. The number of rotatable bonds is 11. The minimum Gasteiger partial charge on any atom is -0.497 e. The van der Waals surface area contributed by atoms with Crippen molar-refractivity contribution in [3.8, 4) is 17.4 Å². The fourth-order valence-electron chi connectivity index (χ4n) is 3.49. The van der Waals surface area contributed by atoms with E-state index in [1.807, 2.05) is 0 Å². The number of nitrogens with zero attached hydrogens (tertiary/aromatic N) is 4. The average Bonchev–Trinajstić information content (AvgIpc) is 3.30. The van der Waals surface area contributed by atoms with Crippen LogP contribution in [-0.4, -0.2) is 56.0 Å². The number of aromatic amines is 1. The van der Waals surface area contributed by atoms with E-state index < -0.39 is 17.5 Å². The molecule has 192 valence electrons. The monoisotopic (exact) mass is 508 g/mol. The van der Waals surface area contributed by atoms with Gasteiger partial charge in [-0.05, 0) is 36.4 Å². The summed E-state index contributed by atoms with van der Waals surface area (Å²) >= 11 is 0. The fraction of sp³-hybridized carbons (Fsp3) is 0.208. The minimum atomic E-state index is -1.02. The number of nitrogen functional groups attached to an aromatic ring is 1. The van der Waals surface area contributed by atoms with E-state index in [1.54, 1.807) is 30.3 Å². The van der Waals surface area contributed by atoms with Gasteiger partial charge in [0, 0.05) is 48.3 Å². The molecule has 6 N–H and O–H groups in total. The molecule has 0 aliphatic heterocycles. The van der Waals surface area contributed by atoms with Crippen LogP contribution in [0.1, 0.15) is 29.4 Å². The molecule has 0 fully saturated rings. The Morgan fingerprint density at radius 2 is 2.00 bits per heavy atom. The predicted octanol–water partition coefficient (Wildman–Crippen LogP) is 1.75. The molecular weight excluding hydrogens is 483 g/mol. The molecule has 0 amide bonds. The van der Waals surface area contributed by atoms with Crippen molar-refractivity contribution in [2.24, 2.45) is 5.73 Å². The maximum absolute atomic E-state index is 15.8. The highest BCUT2D eigenvalue weighted by Crippen LogP contribution is 2.35. The van der Waals surface area contributed by atoms with Gasteiger partial charge < -0.3 is 25.6 Å². The number of halogens is 1. The lowest BCUT2D eigenvalue weighted by molar-refractivity contribution is 0.227. The van der Waals surface area contributed by atoms with E-state index in [1.165, 1.54) is 31.6 Å². The van der Waals surface area contributed by atoms with E-state index in [2.05, 4.69) is 25.4 Å². The molecule has 0 radical (unpaired) electrons. The van der Waals surface area contributed by atoms with Crippen LogP contribution >= 0.6 is 0 Å². The van der Waals surface area contributed by atoms with E-state index in [4.69, 9.17) is 25.7 Å². The van der Waals surface area contributed by atoms with Crippen LogP contribution in [-0.2, 0) is 0 Å². The van der Waals surface area contributed by atoms with Gasteiger partial charge in [0.15, 0.2) is 17.4 Å². The van der Waals surface area contributed by atoms with E-state index in [0.717, 1.165) is 4.68 Å². The summed E-state index contributed by atoms with van der Waals surface area (Å²) in [5.74, 6) is -0.474. The molecule has 2 heterocycles. The Labute approximate surface area is 210 Å². The number of aromatic nitrogens is 5. The van der Waals surface area contributed by atoms with Gasteiger partial charge >= 0.3 is 5.69 Å². The smallest absolute Gasteiger partial charge is 0.350 e. The molecule has 0 saturated carbocycles. The summed E-state index contributed by atoms with van der Waals surface area (Å²) in [6, 6.07) is 10.0. The number of aliphatic hydroxyl groups excluding tert-OH is 1. The van der Waals surface area contributed by atoms with Crippen molar-refractivity contribution in [1.82, 2.24) is 24.7 Å². The van der Waals surface area contributed by atoms with Gasteiger partial charge in [0.25, 0.3) is 5.95 Å². The van der Waals surface area contributed by atoms with Gasteiger partial charge in [0.05, 0.1) is 13.7 Å². The second-order valence-electron chi connectivity index (χ2n) is 7.80. The van der Waals surface area contributed by atoms with Gasteiger partial charge in [-0.3, -0.25) is 10.4 Å². The van der Waals surface area contributed by atoms with E-state index in [9.17, 15) is 4.79 Å². The molecule has 1 atom stereocenters. The molecule has 4 aromatic rings. The first-order chi connectivity index (χ1) is 17.9. The molecule has 0 bridgehead atoms. The third-order valence-electron chi connectivity index (χ3n) is 5.30. The number of anilines is 1. The molecule has 0 spiro atoms. The lowest BCUT2D eigenvalue weighted by Crippen LogP contribution is -2.18. The maximum atomic E-state index is 15.8. The predicted molar refractivity (Wildman–Crippen MR) is 133 cm³/mol.